The summed E-state index contributed by atoms with van der Waals surface area (Å²) in [5.41, 5.74) is 0.809. The average Bonchev–Trinajstić information content (AvgIpc) is 2.95. The van der Waals surface area contributed by atoms with E-state index in [0.717, 1.165) is 42.4 Å². The molecule has 1 aromatic carbocycles. The zero-order valence-electron chi connectivity index (χ0n) is 12.4. The van der Waals surface area contributed by atoms with Crippen LogP contribution < -0.4 is 10.1 Å². The Morgan fingerprint density at radius 3 is 2.90 bits per heavy atom. The molecule has 0 fully saturated rings. The fraction of sp³-hybridized carbons (Fsp3) is 0.467. The highest BCUT2D eigenvalue weighted by molar-refractivity contribution is 9.10. The predicted molar refractivity (Wildman–Crippen MR) is 85.5 cm³/mol. The summed E-state index contributed by atoms with van der Waals surface area (Å²) >= 11 is 3.42. The van der Waals surface area contributed by atoms with E-state index in [-0.39, 0.29) is 0 Å². The molecule has 6 heteroatoms. The summed E-state index contributed by atoms with van der Waals surface area (Å²) in [6, 6.07) is 5.72. The Balaban J connectivity index is 1.99. The summed E-state index contributed by atoms with van der Waals surface area (Å²) in [7, 11) is 1.63. The Bertz CT molecular complexity index is 572. The van der Waals surface area contributed by atoms with Crippen molar-refractivity contribution in [3.63, 3.8) is 0 Å². The number of benzene rings is 1. The van der Waals surface area contributed by atoms with Crippen LogP contribution in [0.4, 0.5) is 0 Å². The molecule has 21 heavy (non-hydrogen) atoms. The van der Waals surface area contributed by atoms with Crippen molar-refractivity contribution in [1.82, 2.24) is 15.5 Å². The second-order valence-electron chi connectivity index (χ2n) is 4.70. The van der Waals surface area contributed by atoms with E-state index >= 15 is 0 Å². The summed E-state index contributed by atoms with van der Waals surface area (Å²) < 4.78 is 12.0. The topological polar surface area (TPSA) is 60.2 Å². The third-order valence-corrected chi connectivity index (χ3v) is 3.53. The monoisotopic (exact) mass is 353 g/mol. The van der Waals surface area contributed by atoms with E-state index in [1.165, 1.54) is 0 Å². The molecule has 0 aliphatic heterocycles. The Morgan fingerprint density at radius 1 is 1.29 bits per heavy atom. The van der Waals surface area contributed by atoms with Gasteiger partial charge < -0.3 is 14.5 Å². The molecule has 0 unspecified atom stereocenters. The lowest BCUT2D eigenvalue weighted by molar-refractivity contribution is 0.413. The number of hydrogen-bond donors (Lipinski definition) is 1. The van der Waals surface area contributed by atoms with Gasteiger partial charge in [0.2, 0.25) is 5.89 Å². The van der Waals surface area contributed by atoms with Gasteiger partial charge in [0.05, 0.1) is 12.7 Å². The Morgan fingerprint density at radius 2 is 2.14 bits per heavy atom. The normalized spacial score (nSPS) is 10.8. The van der Waals surface area contributed by atoms with Crippen LogP contribution in [-0.2, 0) is 6.42 Å². The third-order valence-electron chi connectivity index (χ3n) is 3.03. The molecule has 0 aliphatic rings. The summed E-state index contributed by atoms with van der Waals surface area (Å²) in [6.45, 7) is 4.17. The lowest BCUT2D eigenvalue weighted by Gasteiger charge is -2.05. The molecule has 2 rings (SSSR count). The van der Waals surface area contributed by atoms with Crippen LogP contribution in [0.5, 0.6) is 5.75 Å². The van der Waals surface area contributed by atoms with Crippen LogP contribution in [-0.4, -0.2) is 30.4 Å². The van der Waals surface area contributed by atoms with Gasteiger partial charge in [0.1, 0.15) is 5.75 Å². The first-order valence-corrected chi connectivity index (χ1v) is 7.91. The molecule has 1 N–H and O–H groups in total. The van der Waals surface area contributed by atoms with Gasteiger partial charge in [0.25, 0.3) is 5.89 Å². The van der Waals surface area contributed by atoms with Crippen molar-refractivity contribution in [3.05, 3.63) is 28.6 Å². The predicted octanol–water partition coefficient (Wildman–Crippen LogP) is 3.44. The van der Waals surface area contributed by atoms with Gasteiger partial charge in [-0.3, -0.25) is 0 Å². The second kappa shape index (κ2) is 8.14. The van der Waals surface area contributed by atoms with Crippen LogP contribution in [0.25, 0.3) is 11.5 Å². The third kappa shape index (κ3) is 4.54. The fourth-order valence-corrected chi connectivity index (χ4v) is 2.31. The van der Waals surface area contributed by atoms with Crippen LogP contribution in [0.15, 0.2) is 27.1 Å². The molecule has 0 aliphatic carbocycles. The van der Waals surface area contributed by atoms with E-state index in [9.17, 15) is 0 Å². The molecule has 0 radical (unpaired) electrons. The van der Waals surface area contributed by atoms with Crippen LogP contribution in [0, 0.1) is 0 Å². The van der Waals surface area contributed by atoms with Gasteiger partial charge in [-0.25, -0.2) is 0 Å². The van der Waals surface area contributed by atoms with E-state index in [1.54, 1.807) is 7.11 Å². The van der Waals surface area contributed by atoms with E-state index < -0.39 is 0 Å². The van der Waals surface area contributed by atoms with Crippen molar-refractivity contribution < 1.29 is 9.15 Å². The summed E-state index contributed by atoms with van der Waals surface area (Å²) in [5.74, 6) is 1.87. The lowest BCUT2D eigenvalue weighted by atomic mass is 10.2. The van der Waals surface area contributed by atoms with Gasteiger partial charge in [-0.15, -0.1) is 10.2 Å². The Labute approximate surface area is 133 Å². The zero-order valence-corrected chi connectivity index (χ0v) is 13.9. The first-order chi connectivity index (χ1) is 10.2. The highest BCUT2D eigenvalue weighted by Crippen LogP contribution is 2.31. The number of rotatable bonds is 8. The number of aryl methyl sites for hydroxylation is 1. The van der Waals surface area contributed by atoms with Crippen LogP contribution in [0.3, 0.4) is 0 Å². The maximum atomic E-state index is 5.71. The van der Waals surface area contributed by atoms with Crippen LogP contribution in [0.2, 0.25) is 0 Å². The number of hydrogen-bond acceptors (Lipinski definition) is 5. The van der Waals surface area contributed by atoms with Gasteiger partial charge in [-0.2, -0.15) is 0 Å². The summed E-state index contributed by atoms with van der Waals surface area (Å²) in [6.07, 6.45) is 2.91. The Hall–Kier alpha value is -1.40. The van der Waals surface area contributed by atoms with Gasteiger partial charge in [0, 0.05) is 10.9 Å². The van der Waals surface area contributed by atoms with Crippen molar-refractivity contribution >= 4 is 15.9 Å². The van der Waals surface area contributed by atoms with E-state index in [0.29, 0.717) is 17.5 Å². The first-order valence-electron chi connectivity index (χ1n) is 7.11. The largest absolute Gasteiger partial charge is 0.496 e. The van der Waals surface area contributed by atoms with E-state index in [2.05, 4.69) is 38.4 Å². The molecule has 0 spiro atoms. The van der Waals surface area contributed by atoms with Crippen molar-refractivity contribution in [1.29, 1.82) is 0 Å². The molecule has 0 saturated heterocycles. The molecule has 2 aromatic rings. The van der Waals surface area contributed by atoms with E-state index in [4.69, 9.17) is 9.15 Å². The molecule has 0 amide bonds. The SMILES string of the molecule is CCCNCCCc1nnc(-c2ccc(Br)cc2OC)o1. The number of ether oxygens (including phenoxy) is 1. The summed E-state index contributed by atoms with van der Waals surface area (Å²) in [4.78, 5) is 0. The maximum absolute atomic E-state index is 5.71. The fourth-order valence-electron chi connectivity index (χ4n) is 1.97. The Kier molecular flexibility index (Phi) is 6.20. The lowest BCUT2D eigenvalue weighted by Crippen LogP contribution is -2.16. The zero-order chi connectivity index (χ0) is 15.1. The van der Waals surface area contributed by atoms with E-state index in [1.807, 2.05) is 18.2 Å². The van der Waals surface area contributed by atoms with Gasteiger partial charge in [-0.05, 0) is 44.1 Å². The molecule has 0 atom stereocenters. The molecule has 0 bridgehead atoms. The molecule has 5 nitrogen and oxygen atoms in total. The van der Waals surface area contributed by atoms with Crippen molar-refractivity contribution in [2.75, 3.05) is 20.2 Å². The minimum absolute atomic E-state index is 0.496. The minimum Gasteiger partial charge on any atom is -0.496 e. The van der Waals surface area contributed by atoms with Crippen molar-refractivity contribution in [2.45, 2.75) is 26.2 Å². The number of methoxy groups -OCH3 is 1. The number of nitrogens with zero attached hydrogens (tertiary/aromatic N) is 2. The minimum atomic E-state index is 0.496. The van der Waals surface area contributed by atoms with Crippen LogP contribution in [0.1, 0.15) is 25.7 Å². The average molecular weight is 354 g/mol. The van der Waals surface area contributed by atoms with Gasteiger partial charge in [-0.1, -0.05) is 22.9 Å². The smallest absolute Gasteiger partial charge is 0.251 e. The quantitative estimate of drug-likeness (QED) is 0.736. The molecule has 114 valence electrons. The molecule has 1 heterocycles. The highest BCUT2D eigenvalue weighted by atomic mass is 79.9. The van der Waals surface area contributed by atoms with Crippen molar-refractivity contribution in [3.8, 4) is 17.2 Å². The molecular weight excluding hydrogens is 334 g/mol. The second-order valence-corrected chi connectivity index (χ2v) is 5.61. The summed E-state index contributed by atoms with van der Waals surface area (Å²) in [5, 5.41) is 11.6. The number of nitrogens with one attached hydrogen (secondary N) is 1. The van der Waals surface area contributed by atoms with Crippen LogP contribution >= 0.6 is 15.9 Å². The highest BCUT2D eigenvalue weighted by Gasteiger charge is 2.13. The number of aromatic nitrogens is 2. The van der Waals surface area contributed by atoms with Crippen molar-refractivity contribution in [2.24, 2.45) is 0 Å². The first kappa shape index (κ1) is 16.0. The molecule has 1 aromatic heterocycles. The van der Waals surface area contributed by atoms with Gasteiger partial charge in [0.15, 0.2) is 0 Å². The molecule has 0 saturated carbocycles. The van der Waals surface area contributed by atoms with Gasteiger partial charge >= 0.3 is 0 Å². The standard InChI is InChI=1S/C15H20BrN3O2/c1-3-8-17-9-4-5-14-18-19-15(21-14)12-7-6-11(16)10-13(12)20-2/h6-7,10,17H,3-5,8-9H2,1-2H3. The maximum Gasteiger partial charge on any atom is 0.251 e. The number of halogens is 1. The molecular formula is C15H20BrN3O2.